The Bertz CT molecular complexity index is 340. The fourth-order valence-electron chi connectivity index (χ4n) is 1.53. The Hall–Kier alpha value is -0.720. The van der Waals surface area contributed by atoms with Crippen LogP contribution >= 0.6 is 0 Å². The largest absolute Gasteiger partial charge is 0.383 e. The number of hydrogen-bond donors (Lipinski definition) is 2. The molecule has 0 radical (unpaired) electrons. The van der Waals surface area contributed by atoms with Crippen LogP contribution in [0.1, 0.15) is 12.8 Å². The average Bonchev–Trinajstić information content (AvgIpc) is 2.02. The zero-order chi connectivity index (χ0) is 11.0. The van der Waals surface area contributed by atoms with E-state index in [0.717, 1.165) is 0 Å². The molecule has 1 atom stereocenters. The number of rotatable bonds is 2. The summed E-state index contributed by atoms with van der Waals surface area (Å²) in [7, 11) is -3.38. The molecule has 82 valence electrons. The minimum Gasteiger partial charge on any atom is -0.383 e. The molecule has 7 heteroatoms. The van der Waals surface area contributed by atoms with Crippen molar-refractivity contribution in [2.45, 2.75) is 18.8 Å². The molecular weight excluding hydrogens is 214 g/mol. The van der Waals surface area contributed by atoms with Gasteiger partial charge in [0, 0.05) is 5.92 Å². The lowest BCUT2D eigenvalue weighted by Gasteiger charge is -2.28. The minimum absolute atomic E-state index is 0.0442. The van der Waals surface area contributed by atoms with E-state index in [1.54, 1.807) is 0 Å². The van der Waals surface area contributed by atoms with E-state index >= 15 is 0 Å². The molecule has 1 aliphatic heterocycles. The number of sulfone groups is 1. The molecule has 1 unspecified atom stereocenters. The Kier molecular flexibility index (Phi) is 2.80. The van der Waals surface area contributed by atoms with Crippen molar-refractivity contribution in [3.8, 4) is 0 Å². The van der Waals surface area contributed by atoms with Crippen molar-refractivity contribution in [2.24, 2.45) is 11.7 Å². The van der Waals surface area contributed by atoms with Gasteiger partial charge < -0.3 is 5.73 Å². The van der Waals surface area contributed by atoms with E-state index in [1.807, 2.05) is 0 Å². The number of alkyl halides is 2. The monoisotopic (exact) mass is 226 g/mol. The average molecular weight is 226 g/mol. The Morgan fingerprint density at radius 1 is 1.50 bits per heavy atom. The topological polar surface area (TPSA) is 84.0 Å². The number of nitrogens with one attached hydrogen (secondary N) is 1. The molecule has 0 aromatic heterocycles. The molecule has 0 aliphatic carbocycles. The quantitative estimate of drug-likeness (QED) is 0.527. The predicted octanol–water partition coefficient (Wildman–Crippen LogP) is 0.382. The van der Waals surface area contributed by atoms with Crippen molar-refractivity contribution >= 4 is 15.7 Å². The summed E-state index contributed by atoms with van der Waals surface area (Å²) < 4.78 is 48.5. The highest BCUT2D eigenvalue weighted by molar-refractivity contribution is 7.91. The van der Waals surface area contributed by atoms with Crippen LogP contribution in [0.15, 0.2) is 0 Å². The van der Waals surface area contributed by atoms with Gasteiger partial charge >= 0.3 is 5.92 Å². The molecule has 0 aromatic rings. The zero-order valence-electron chi connectivity index (χ0n) is 7.46. The molecule has 14 heavy (non-hydrogen) atoms. The maximum Gasteiger partial charge on any atom is 0.307 e. The van der Waals surface area contributed by atoms with Gasteiger partial charge in [-0.3, -0.25) is 5.41 Å². The molecule has 0 saturated carbocycles. The van der Waals surface area contributed by atoms with Crippen LogP contribution in [0.2, 0.25) is 0 Å². The number of amidine groups is 1. The van der Waals surface area contributed by atoms with Crippen LogP contribution in [0.25, 0.3) is 0 Å². The molecular formula is C7H12F2N2O2S. The maximum atomic E-state index is 13.2. The van der Waals surface area contributed by atoms with Gasteiger partial charge in [0.2, 0.25) is 0 Å². The molecule has 1 fully saturated rings. The van der Waals surface area contributed by atoms with E-state index in [2.05, 4.69) is 0 Å². The second kappa shape index (κ2) is 3.45. The van der Waals surface area contributed by atoms with Crippen molar-refractivity contribution in [1.29, 1.82) is 5.41 Å². The van der Waals surface area contributed by atoms with Gasteiger partial charge in [-0.1, -0.05) is 0 Å². The third-order valence-electron chi connectivity index (χ3n) is 2.33. The minimum atomic E-state index is -3.49. The SMILES string of the molecule is N=C(N)C(F)(F)C1CCCS(=O)(=O)C1. The van der Waals surface area contributed by atoms with Crippen molar-refractivity contribution in [3.05, 3.63) is 0 Å². The van der Waals surface area contributed by atoms with E-state index in [1.165, 1.54) is 0 Å². The van der Waals surface area contributed by atoms with Gasteiger partial charge in [0.05, 0.1) is 11.5 Å². The fraction of sp³-hybridized carbons (Fsp3) is 0.857. The van der Waals surface area contributed by atoms with Crippen LogP contribution in [-0.4, -0.2) is 31.7 Å². The lowest BCUT2D eigenvalue weighted by molar-refractivity contribution is 0.0140. The summed E-state index contributed by atoms with van der Waals surface area (Å²) in [6.45, 7) is 0. The van der Waals surface area contributed by atoms with Crippen molar-refractivity contribution in [1.82, 2.24) is 0 Å². The first kappa shape index (κ1) is 11.4. The second-order valence-corrected chi connectivity index (χ2v) is 5.72. The normalized spacial score (nSPS) is 27.1. The van der Waals surface area contributed by atoms with Gasteiger partial charge in [0.15, 0.2) is 15.7 Å². The Morgan fingerprint density at radius 2 is 2.07 bits per heavy atom. The lowest BCUT2D eigenvalue weighted by atomic mass is 9.97. The Morgan fingerprint density at radius 3 is 2.50 bits per heavy atom. The zero-order valence-corrected chi connectivity index (χ0v) is 8.28. The molecule has 1 aliphatic rings. The van der Waals surface area contributed by atoms with Crippen LogP contribution in [-0.2, 0) is 9.84 Å². The predicted molar refractivity (Wildman–Crippen MR) is 48.2 cm³/mol. The summed E-state index contributed by atoms with van der Waals surface area (Å²) in [6, 6.07) is 0. The van der Waals surface area contributed by atoms with E-state index < -0.39 is 33.3 Å². The number of nitrogens with two attached hydrogens (primary N) is 1. The van der Waals surface area contributed by atoms with Gasteiger partial charge in [-0.25, -0.2) is 8.42 Å². The van der Waals surface area contributed by atoms with Crippen LogP contribution in [0.5, 0.6) is 0 Å². The standard InChI is InChI=1S/C7H12F2N2O2S/c8-7(9,6(10)11)5-2-1-3-14(12,13)4-5/h5H,1-4H2,(H3,10,11). The van der Waals surface area contributed by atoms with Crippen LogP contribution in [0.4, 0.5) is 8.78 Å². The molecule has 1 rings (SSSR count). The van der Waals surface area contributed by atoms with Crippen LogP contribution in [0, 0.1) is 11.3 Å². The summed E-state index contributed by atoms with van der Waals surface area (Å²) in [4.78, 5) is 0. The first-order valence-electron chi connectivity index (χ1n) is 4.18. The van der Waals surface area contributed by atoms with Crippen LogP contribution < -0.4 is 5.73 Å². The highest BCUT2D eigenvalue weighted by atomic mass is 32.2. The molecule has 0 amide bonds. The Labute approximate surface area is 80.9 Å². The Balaban J connectivity index is 2.84. The third kappa shape index (κ3) is 2.20. The van der Waals surface area contributed by atoms with Crippen molar-refractivity contribution < 1.29 is 17.2 Å². The number of halogens is 2. The lowest BCUT2D eigenvalue weighted by Crippen LogP contribution is -2.46. The van der Waals surface area contributed by atoms with Gasteiger partial charge in [0.1, 0.15) is 0 Å². The first-order valence-corrected chi connectivity index (χ1v) is 6.00. The van der Waals surface area contributed by atoms with E-state index in [-0.39, 0.29) is 18.6 Å². The summed E-state index contributed by atoms with van der Waals surface area (Å²) >= 11 is 0. The van der Waals surface area contributed by atoms with Crippen molar-refractivity contribution in [2.75, 3.05) is 11.5 Å². The van der Waals surface area contributed by atoms with Crippen LogP contribution in [0.3, 0.4) is 0 Å². The van der Waals surface area contributed by atoms with Gasteiger partial charge in [0.25, 0.3) is 0 Å². The molecule has 0 aromatic carbocycles. The summed E-state index contributed by atoms with van der Waals surface area (Å²) in [5, 5.41) is 6.70. The number of hydrogen-bond acceptors (Lipinski definition) is 3. The third-order valence-corrected chi connectivity index (χ3v) is 4.16. The molecule has 3 N–H and O–H groups in total. The summed E-state index contributed by atoms with van der Waals surface area (Å²) in [5.41, 5.74) is 4.73. The fourth-order valence-corrected chi connectivity index (χ4v) is 3.29. The molecule has 4 nitrogen and oxygen atoms in total. The smallest absolute Gasteiger partial charge is 0.307 e. The second-order valence-electron chi connectivity index (χ2n) is 3.49. The maximum absolute atomic E-state index is 13.2. The molecule has 0 spiro atoms. The van der Waals surface area contributed by atoms with E-state index in [4.69, 9.17) is 11.1 Å². The van der Waals surface area contributed by atoms with Gasteiger partial charge in [-0.15, -0.1) is 0 Å². The first-order chi connectivity index (χ1) is 6.26. The molecule has 0 bridgehead atoms. The van der Waals surface area contributed by atoms with E-state index in [9.17, 15) is 17.2 Å². The highest BCUT2D eigenvalue weighted by Crippen LogP contribution is 2.32. The molecule has 1 saturated heterocycles. The van der Waals surface area contributed by atoms with Crippen molar-refractivity contribution in [3.63, 3.8) is 0 Å². The summed E-state index contributed by atoms with van der Waals surface area (Å²) in [6.07, 6.45) is 0.321. The van der Waals surface area contributed by atoms with Gasteiger partial charge in [-0.05, 0) is 12.8 Å². The molecule has 1 heterocycles. The van der Waals surface area contributed by atoms with E-state index in [0.29, 0.717) is 0 Å². The van der Waals surface area contributed by atoms with Gasteiger partial charge in [-0.2, -0.15) is 8.78 Å². The summed E-state index contributed by atoms with van der Waals surface area (Å²) in [5.74, 6) is -6.69. The highest BCUT2D eigenvalue weighted by Gasteiger charge is 2.46.